The third kappa shape index (κ3) is 12.0. The molecule has 0 unspecified atom stereocenters. The smallest absolute Gasteiger partial charge is 0.347 e. The van der Waals surface area contributed by atoms with E-state index < -0.39 is 214 Å². The van der Waals surface area contributed by atoms with Crippen LogP contribution in [0.2, 0.25) is 0 Å². The highest BCUT2D eigenvalue weighted by Gasteiger charge is 2.44. The lowest BCUT2D eigenvalue weighted by Gasteiger charge is -2.16. The first-order valence-corrected chi connectivity index (χ1v) is 17.6. The van der Waals surface area contributed by atoms with Crippen molar-refractivity contribution in [3.8, 4) is 0 Å². The molecule has 0 fully saturated rings. The van der Waals surface area contributed by atoms with Crippen molar-refractivity contribution < 1.29 is 183 Å². The summed E-state index contributed by atoms with van der Waals surface area (Å²) in [6.07, 6.45) is 0. The Kier molecular flexibility index (Phi) is 18.6. The van der Waals surface area contributed by atoms with Crippen LogP contribution < -0.4 is 0 Å². The van der Waals surface area contributed by atoms with E-state index in [1.165, 1.54) is 0 Å². The molecule has 3 rings (SSSR count). The van der Waals surface area contributed by atoms with Crippen molar-refractivity contribution in [2.24, 2.45) is 0 Å². The molecular weight excluding hydrogens is 1050 g/mol. The van der Waals surface area contributed by atoms with Gasteiger partial charge in [0.2, 0.25) is 0 Å². The number of hydrogen-bond acceptors (Lipinski definition) is 20. The number of carboxylic acids is 17. The lowest BCUT2D eigenvalue weighted by molar-refractivity contribution is -0.135. The molecule has 0 aromatic heterocycles. The van der Waals surface area contributed by atoms with E-state index in [-0.39, 0.29) is 0 Å². The predicted molar refractivity (Wildman–Crippen MR) is 214 cm³/mol. The molecule has 394 valence electrons. The van der Waals surface area contributed by atoms with Gasteiger partial charge in [-0.3, -0.25) is 4.79 Å². The summed E-state index contributed by atoms with van der Waals surface area (Å²) in [5.74, 6) is -41.8. The average Bonchev–Trinajstić information content (AvgIpc) is 3.24. The Morgan fingerprint density at radius 1 is 0.187 bits per heavy atom. The normalized spacial score (nSPS) is 9.99. The Labute approximate surface area is 403 Å². The second kappa shape index (κ2) is 22.9. The zero-order valence-electron chi connectivity index (χ0n) is 35.3. The Bertz CT molecular complexity index is 2690. The van der Waals surface area contributed by atoms with Crippen LogP contribution in [0.1, 0.15) is 193 Å². The summed E-state index contributed by atoms with van der Waals surface area (Å²) in [7, 11) is 0. The number of hydrogen-bond donors (Lipinski definition) is 17. The fourth-order valence-electron chi connectivity index (χ4n) is 6.27. The molecule has 0 spiro atoms. The molecule has 75 heavy (non-hydrogen) atoms. The lowest BCUT2D eigenvalue weighted by Crippen LogP contribution is -2.29. The summed E-state index contributed by atoms with van der Waals surface area (Å²) in [5, 5.41) is 154. The van der Waals surface area contributed by atoms with E-state index in [2.05, 4.69) is 4.74 Å². The number of esters is 2. The van der Waals surface area contributed by atoms with Crippen molar-refractivity contribution in [1.82, 2.24) is 0 Å². The molecule has 0 radical (unpaired) electrons. The molecule has 17 N–H and O–H groups in total. The van der Waals surface area contributed by atoms with E-state index in [0.717, 1.165) is 0 Å². The summed E-state index contributed by atoms with van der Waals surface area (Å²) >= 11 is 0. The number of benzene rings is 3. The van der Waals surface area contributed by atoms with E-state index in [1.807, 2.05) is 0 Å². The number of carbonyl (C=O) groups is 19. The van der Waals surface area contributed by atoms with Crippen LogP contribution >= 0.6 is 0 Å². The van der Waals surface area contributed by atoms with E-state index in [4.69, 9.17) is 66.4 Å². The van der Waals surface area contributed by atoms with Crippen LogP contribution in [0.15, 0.2) is 0 Å². The maximum absolute atomic E-state index is 12.0. The summed E-state index contributed by atoms with van der Waals surface area (Å²) in [6.45, 7) is 0.667. The molecule has 0 saturated carbocycles. The first-order valence-electron chi connectivity index (χ1n) is 17.6. The second-order valence-corrected chi connectivity index (χ2v) is 12.8. The van der Waals surface area contributed by atoms with Gasteiger partial charge in [-0.15, -0.1) is 0 Å². The molecule has 3 aromatic rings. The van der Waals surface area contributed by atoms with Gasteiger partial charge < -0.3 is 91.5 Å². The van der Waals surface area contributed by atoms with Gasteiger partial charge in [0.25, 0.3) is 0 Å². The van der Waals surface area contributed by atoms with Crippen LogP contribution in [-0.4, -0.2) is 200 Å². The number of carbonyl (C=O) groups excluding carboxylic acids is 2. The molecule has 0 heterocycles. The van der Waals surface area contributed by atoms with E-state index in [0.29, 0.717) is 6.92 Å². The van der Waals surface area contributed by atoms with Crippen molar-refractivity contribution in [2.45, 2.75) is 6.92 Å². The van der Waals surface area contributed by atoms with Crippen LogP contribution in [0.5, 0.6) is 0 Å². The zero-order valence-corrected chi connectivity index (χ0v) is 35.3. The molecule has 0 aliphatic heterocycles. The van der Waals surface area contributed by atoms with Gasteiger partial charge in [0.1, 0.15) is 0 Å². The van der Waals surface area contributed by atoms with Gasteiger partial charge >= 0.3 is 113 Å². The molecule has 37 nitrogen and oxygen atoms in total. The van der Waals surface area contributed by atoms with Crippen LogP contribution in [0.4, 0.5) is 0 Å². The molecule has 37 heteroatoms. The Hall–Kier alpha value is -12.2. The highest BCUT2D eigenvalue weighted by atomic mass is 16.6. The monoisotopic (exact) mass is 1070 g/mol. The van der Waals surface area contributed by atoms with E-state index in [9.17, 15) is 112 Å². The molecule has 0 saturated heterocycles. The lowest BCUT2D eigenvalue weighted by atomic mass is 9.86. The predicted octanol–water partition coefficient (Wildman–Crippen LogP) is -0.367. The van der Waals surface area contributed by atoms with Gasteiger partial charge in [-0.1, -0.05) is 0 Å². The summed E-state index contributed by atoms with van der Waals surface area (Å²) in [6, 6.07) is 0. The van der Waals surface area contributed by atoms with Crippen molar-refractivity contribution >= 4 is 113 Å². The Morgan fingerprint density at radius 2 is 0.267 bits per heavy atom. The molecule has 0 aliphatic carbocycles. The standard InChI is InChI=1S/C14H8O13.2C12H6O12/c1-2(15)27-14(26)8-6(12(22)23)4(10(18)19)3(9(16)17)5(11(20)21)7(8)13(24)25;2*13-7(14)1-2(8(15)16)4(10(19)20)6(12(23)24)5(11(21)22)3(1)9(17)18/h1H3,(H,16,17)(H,18,19)(H,20,21)(H,22,23)(H,24,25);2*(H,13,14)(H,15,16)(H,17,18)(H,19,20)(H,21,22)(H,23,24). The van der Waals surface area contributed by atoms with Gasteiger partial charge in [-0.2, -0.15) is 0 Å². The van der Waals surface area contributed by atoms with E-state index >= 15 is 0 Å². The summed E-state index contributed by atoms with van der Waals surface area (Å²) < 4.78 is 4.05. The van der Waals surface area contributed by atoms with E-state index in [1.54, 1.807) is 0 Å². The maximum Gasteiger partial charge on any atom is 0.347 e. The zero-order chi connectivity index (χ0) is 59.1. The molecule has 0 bridgehead atoms. The fourth-order valence-corrected chi connectivity index (χ4v) is 6.27. The molecular formula is C38H20O37. The Balaban J connectivity index is 0.000000564. The molecule has 0 amide bonds. The van der Waals surface area contributed by atoms with Gasteiger partial charge in [-0.05, 0) is 0 Å². The third-order valence-electron chi connectivity index (χ3n) is 8.58. The van der Waals surface area contributed by atoms with Crippen molar-refractivity contribution in [3.05, 3.63) is 100 Å². The SMILES string of the molecule is CC(=O)OC(=O)c1c(C(=O)O)c(C(=O)O)c(C(=O)O)c(C(=O)O)c1C(=O)O.O=C(O)c1c(C(=O)O)c(C(=O)O)c(C(=O)O)c(C(=O)O)c1C(=O)O.O=C(O)c1c(C(=O)O)c(C(=O)O)c(C(=O)O)c(C(=O)O)c1C(=O)O. The maximum atomic E-state index is 12.0. The van der Waals surface area contributed by atoms with Crippen LogP contribution in [0.25, 0.3) is 0 Å². The molecule has 3 aromatic carbocycles. The highest BCUT2D eigenvalue weighted by molar-refractivity contribution is 6.26. The van der Waals surface area contributed by atoms with Crippen molar-refractivity contribution in [2.75, 3.05) is 0 Å². The Morgan fingerprint density at radius 3 is 0.333 bits per heavy atom. The largest absolute Gasteiger partial charge is 0.478 e. The van der Waals surface area contributed by atoms with Crippen molar-refractivity contribution in [3.63, 3.8) is 0 Å². The van der Waals surface area contributed by atoms with Crippen LogP contribution in [0.3, 0.4) is 0 Å². The minimum absolute atomic E-state index is 0.667. The van der Waals surface area contributed by atoms with Gasteiger partial charge in [0.05, 0.1) is 100 Å². The number of rotatable bonds is 18. The number of carboxylic acid groups (broad SMARTS) is 17. The summed E-state index contributed by atoms with van der Waals surface area (Å²) in [5.41, 5.74) is -29.8. The second-order valence-electron chi connectivity index (χ2n) is 12.8. The number of ether oxygens (including phenoxy) is 1. The average molecular weight is 1070 g/mol. The highest BCUT2D eigenvalue weighted by Crippen LogP contribution is 2.33. The van der Waals surface area contributed by atoms with Crippen LogP contribution in [-0.2, 0) is 9.53 Å². The minimum atomic E-state index is -2.28. The first-order chi connectivity index (χ1) is 34.2. The van der Waals surface area contributed by atoms with Gasteiger partial charge in [-0.25, -0.2) is 86.3 Å². The quantitative estimate of drug-likeness (QED) is 0.0571. The summed E-state index contributed by atoms with van der Waals surface area (Å²) in [4.78, 5) is 215. The minimum Gasteiger partial charge on any atom is -0.478 e. The van der Waals surface area contributed by atoms with Gasteiger partial charge in [0, 0.05) is 6.92 Å². The first kappa shape index (κ1) is 60.8. The fraction of sp³-hybridized carbons (Fsp3) is 0.0263. The van der Waals surface area contributed by atoms with Crippen LogP contribution in [0, 0.1) is 0 Å². The topological polar surface area (TPSA) is 677 Å². The van der Waals surface area contributed by atoms with Crippen molar-refractivity contribution in [1.29, 1.82) is 0 Å². The third-order valence-corrected chi connectivity index (χ3v) is 8.58. The number of aromatic carboxylic acids is 17. The van der Waals surface area contributed by atoms with Gasteiger partial charge in [0.15, 0.2) is 0 Å². The molecule has 0 aliphatic rings. The molecule has 0 atom stereocenters.